The number of nitrogens with zero attached hydrogens (tertiary/aromatic N) is 8. The highest BCUT2D eigenvalue weighted by Gasteiger charge is 2.25. The van der Waals surface area contributed by atoms with Gasteiger partial charge in [-0.15, -0.1) is 0 Å². The van der Waals surface area contributed by atoms with E-state index in [9.17, 15) is 0 Å². The molecule has 3 saturated heterocycles. The number of aryl methyl sites for hydroxylation is 3. The van der Waals surface area contributed by atoms with E-state index >= 15 is 0 Å². The fourth-order valence-electron chi connectivity index (χ4n) is 5.31. The van der Waals surface area contributed by atoms with Crippen LogP contribution in [0.15, 0.2) is 13.6 Å². The first-order valence-electron chi connectivity index (χ1n) is 15.1. The lowest BCUT2D eigenvalue weighted by atomic mass is 9.88. The molecule has 0 aromatic carbocycles. The predicted molar refractivity (Wildman–Crippen MR) is 227 cm³/mol. The van der Waals surface area contributed by atoms with Gasteiger partial charge in [0, 0.05) is 13.1 Å². The van der Waals surface area contributed by atoms with Gasteiger partial charge in [-0.1, -0.05) is 66.2 Å². The standard InChI is InChI=1S/C9H15BN3O.C9H15N3O.C8H13N3O.CH4BO.5CH4.3H3P/c1-7-11-9(14-12-7)8-4-3-5-13(6-8)10-2;1-7-10-9(13-11-7)8-4-3-5-12(2)6-8;1-6-10-8(12-11-6)7-3-2-4-9-5-7;1-2-3;;;;;;;;/h8H,3-6H2,1-2H3;8H,3-6H2,1-2H3;7,9H,2-5H2,1H3;3H,1H3;5*1H4;3*1H3. The highest BCUT2D eigenvalue weighted by Crippen LogP contribution is 2.26. The maximum atomic E-state index is 7.44. The Bertz CT molecular complexity index is 1160. The van der Waals surface area contributed by atoms with Crippen LogP contribution in [0.3, 0.4) is 0 Å². The Hall–Kier alpha value is -1.32. The van der Waals surface area contributed by atoms with Gasteiger partial charge in [0.15, 0.2) is 17.5 Å². The molecule has 3 aliphatic rings. The second-order valence-electron chi connectivity index (χ2n) is 11.0. The van der Waals surface area contributed by atoms with Crippen molar-refractivity contribution in [2.45, 2.75) is 128 Å². The summed E-state index contributed by atoms with van der Waals surface area (Å²) in [5, 5.41) is 22.2. The van der Waals surface area contributed by atoms with Crippen LogP contribution in [0.25, 0.3) is 0 Å². The summed E-state index contributed by atoms with van der Waals surface area (Å²) < 4.78 is 15.5. The number of likely N-dealkylation sites (tertiary alicyclic amines) is 1. The SMILES string of the molecule is C.C.C.C.C.C[B]N1CCCC(c2nc(C)no2)C1.C[B]O.Cc1noc(C2CCCN(C)C2)n1.Cc1noc(C2CCCNC2)n1.P.P.P. The van der Waals surface area contributed by atoms with Crippen molar-refractivity contribution in [1.29, 1.82) is 0 Å². The zero-order chi connectivity index (χ0) is 30.3. The van der Waals surface area contributed by atoms with Gasteiger partial charge in [0.1, 0.15) is 0 Å². The van der Waals surface area contributed by atoms with Gasteiger partial charge in [0.2, 0.25) is 25.1 Å². The molecule has 6 heterocycles. The summed E-state index contributed by atoms with van der Waals surface area (Å²) in [5.41, 5.74) is 0. The van der Waals surface area contributed by atoms with E-state index in [1.807, 2.05) is 20.8 Å². The molecule has 294 valence electrons. The molecule has 18 heteroatoms. The molecule has 0 bridgehead atoms. The summed E-state index contributed by atoms with van der Waals surface area (Å²) in [4.78, 5) is 17.4. The Morgan fingerprint density at radius 1 is 0.660 bits per heavy atom. The lowest BCUT2D eigenvalue weighted by Crippen LogP contribution is -2.35. The van der Waals surface area contributed by atoms with Crippen LogP contribution in [-0.2, 0) is 0 Å². The first-order chi connectivity index (χ1) is 20.3. The molecule has 3 aliphatic heterocycles. The lowest BCUT2D eigenvalue weighted by Gasteiger charge is -2.29. The van der Waals surface area contributed by atoms with Gasteiger partial charge in [0.05, 0.1) is 17.8 Å². The smallest absolute Gasteiger partial charge is 0.283 e. The van der Waals surface area contributed by atoms with Crippen LogP contribution < -0.4 is 5.32 Å². The lowest BCUT2D eigenvalue weighted by molar-refractivity contribution is 0.220. The van der Waals surface area contributed by atoms with E-state index in [0.717, 1.165) is 88.2 Å². The number of likely N-dealkylation sites (N-methyl/N-ethyl adjacent to an activating group) is 1. The number of rotatable bonds is 4. The Labute approximate surface area is 317 Å². The second kappa shape index (κ2) is 33.5. The summed E-state index contributed by atoms with van der Waals surface area (Å²) in [6.07, 6.45) is 7.12. The van der Waals surface area contributed by atoms with Gasteiger partial charge in [0.25, 0.3) is 7.48 Å². The fraction of sp³-hybridized carbons (Fsp3) is 0.812. The molecule has 3 aromatic rings. The summed E-state index contributed by atoms with van der Waals surface area (Å²) >= 11 is 0. The minimum absolute atomic E-state index is 0. The van der Waals surface area contributed by atoms with Crippen molar-refractivity contribution in [3.63, 3.8) is 0 Å². The number of hydrogen-bond donors (Lipinski definition) is 2. The van der Waals surface area contributed by atoms with Crippen LogP contribution in [0.1, 0.15) is 129 Å². The van der Waals surface area contributed by atoms with Crippen LogP contribution in [0.5, 0.6) is 0 Å². The Morgan fingerprint density at radius 3 is 1.42 bits per heavy atom. The van der Waals surface area contributed by atoms with E-state index in [4.69, 9.17) is 18.6 Å². The molecule has 2 radical (unpaired) electrons. The molecule has 0 amide bonds. The van der Waals surface area contributed by atoms with Crippen molar-refractivity contribution >= 4 is 44.6 Å². The number of piperidine rings is 3. The molecule has 2 N–H and O–H groups in total. The van der Waals surface area contributed by atoms with Crippen LogP contribution in [0, 0.1) is 20.8 Å². The molecule has 13 nitrogen and oxygen atoms in total. The maximum Gasteiger partial charge on any atom is 0.283 e. The third kappa shape index (κ3) is 21.3. The van der Waals surface area contributed by atoms with E-state index in [1.54, 1.807) is 6.82 Å². The van der Waals surface area contributed by atoms with E-state index in [0.29, 0.717) is 17.8 Å². The summed E-state index contributed by atoms with van der Waals surface area (Å²) in [6.45, 7) is 15.7. The van der Waals surface area contributed by atoms with Gasteiger partial charge in [-0.3, -0.25) is 0 Å². The van der Waals surface area contributed by atoms with Crippen molar-refractivity contribution in [3.05, 3.63) is 35.1 Å². The van der Waals surface area contributed by atoms with E-state index in [1.165, 1.54) is 32.2 Å². The quantitative estimate of drug-likeness (QED) is 0.227. The number of nitrogens with one attached hydrogen (secondary N) is 1. The zero-order valence-corrected chi connectivity index (χ0v) is 32.5. The Morgan fingerprint density at radius 2 is 1.06 bits per heavy atom. The van der Waals surface area contributed by atoms with Crippen LogP contribution in [0.4, 0.5) is 0 Å². The summed E-state index contributed by atoms with van der Waals surface area (Å²) in [6, 6.07) is 0. The average molecular weight is 766 g/mol. The monoisotopic (exact) mass is 766 g/mol. The molecular formula is C32H76B2N9O4P3. The summed E-state index contributed by atoms with van der Waals surface area (Å²) in [5.74, 6) is 5.90. The molecule has 50 heavy (non-hydrogen) atoms. The topological polar surface area (TPSA) is 156 Å². The van der Waals surface area contributed by atoms with Crippen molar-refractivity contribution in [2.24, 2.45) is 0 Å². The summed E-state index contributed by atoms with van der Waals surface area (Å²) in [7, 11) is 5.27. The molecule has 3 fully saturated rings. The number of hydrogen-bond acceptors (Lipinski definition) is 13. The third-order valence-corrected chi connectivity index (χ3v) is 7.42. The molecule has 0 spiro atoms. The third-order valence-electron chi connectivity index (χ3n) is 7.42. The minimum atomic E-state index is 0. The Balaban J connectivity index is -0.000000130. The maximum absolute atomic E-state index is 7.44. The van der Waals surface area contributed by atoms with Gasteiger partial charge < -0.3 is 33.6 Å². The molecule has 6 atom stereocenters. The van der Waals surface area contributed by atoms with E-state index in [-0.39, 0.29) is 66.8 Å². The van der Waals surface area contributed by atoms with Crippen molar-refractivity contribution in [3.8, 4) is 0 Å². The highest BCUT2D eigenvalue weighted by molar-refractivity contribution is 6.92. The van der Waals surface area contributed by atoms with Gasteiger partial charge in [-0.2, -0.15) is 44.6 Å². The molecular weight excluding hydrogens is 689 g/mol. The molecule has 3 aromatic heterocycles. The van der Waals surface area contributed by atoms with E-state index < -0.39 is 0 Å². The molecule has 0 aliphatic carbocycles. The fourth-order valence-corrected chi connectivity index (χ4v) is 5.31. The minimum Gasteiger partial charge on any atom is -0.455 e. The average Bonchev–Trinajstić information content (AvgIpc) is 3.76. The van der Waals surface area contributed by atoms with Crippen molar-refractivity contribution in [2.75, 3.05) is 46.3 Å². The van der Waals surface area contributed by atoms with Gasteiger partial charge in [-0.05, 0) is 92.5 Å². The molecule has 6 rings (SSSR count). The highest BCUT2D eigenvalue weighted by atomic mass is 31.0. The van der Waals surface area contributed by atoms with Gasteiger partial charge in [-0.25, -0.2) is 0 Å². The van der Waals surface area contributed by atoms with Crippen molar-refractivity contribution in [1.82, 2.24) is 45.4 Å². The zero-order valence-electron chi connectivity index (χ0n) is 28.2. The Kier molecular flexibility index (Phi) is 40.7. The number of aromatic nitrogens is 6. The predicted octanol–water partition coefficient (Wildman–Crippen LogP) is 6.26. The normalized spacial score (nSPS) is 19.2. The van der Waals surface area contributed by atoms with Crippen LogP contribution >= 0.6 is 29.7 Å². The van der Waals surface area contributed by atoms with Crippen LogP contribution in [0.2, 0.25) is 13.6 Å². The largest absolute Gasteiger partial charge is 0.455 e. The second-order valence-corrected chi connectivity index (χ2v) is 11.0. The van der Waals surface area contributed by atoms with Gasteiger partial charge >= 0.3 is 0 Å². The van der Waals surface area contributed by atoms with Crippen molar-refractivity contribution < 1.29 is 18.6 Å². The molecule has 0 saturated carbocycles. The van der Waals surface area contributed by atoms with Crippen LogP contribution in [-0.4, -0.2) is 106 Å². The molecule has 6 unspecified atom stereocenters. The first kappa shape index (κ1) is 60.8. The van der Waals surface area contributed by atoms with E-state index in [2.05, 4.69) is 66.7 Å². The first-order valence-corrected chi connectivity index (χ1v) is 15.1.